The summed E-state index contributed by atoms with van der Waals surface area (Å²) in [5.74, 6) is -0.786. The first kappa shape index (κ1) is 10.5. The molecule has 0 bridgehead atoms. The minimum atomic E-state index is -3.62. The molecule has 1 rings (SSSR count). The Balaban J connectivity index is 2.47. The van der Waals surface area contributed by atoms with Crippen LogP contribution >= 0.6 is 0 Å². The molecule has 0 spiro atoms. The smallest absolute Gasteiger partial charge is 0.325 e. The van der Waals surface area contributed by atoms with E-state index in [-0.39, 0.29) is 5.92 Å². The van der Waals surface area contributed by atoms with Gasteiger partial charge in [-0.3, -0.25) is 4.79 Å². The molecule has 0 aromatic carbocycles. The highest BCUT2D eigenvalue weighted by atomic mass is 32.2. The molecule has 0 radical (unpaired) electrons. The summed E-state index contributed by atoms with van der Waals surface area (Å²) < 4.78 is 25.6. The van der Waals surface area contributed by atoms with Crippen LogP contribution in [0.25, 0.3) is 0 Å². The quantitative estimate of drug-likeness (QED) is 0.634. The van der Waals surface area contributed by atoms with Gasteiger partial charge in [-0.15, -0.1) is 0 Å². The van der Waals surface area contributed by atoms with Crippen molar-refractivity contribution in [2.24, 2.45) is 5.92 Å². The van der Waals surface area contributed by atoms with Crippen LogP contribution in [0.3, 0.4) is 0 Å². The van der Waals surface area contributed by atoms with E-state index in [0.717, 1.165) is 38.4 Å². The fourth-order valence-electron chi connectivity index (χ4n) is 1.56. The molecule has 0 N–H and O–H groups in total. The van der Waals surface area contributed by atoms with Crippen LogP contribution in [-0.4, -0.2) is 20.6 Å². The van der Waals surface area contributed by atoms with Crippen molar-refractivity contribution in [3.63, 3.8) is 0 Å². The van der Waals surface area contributed by atoms with Crippen LogP contribution in [0.2, 0.25) is 0 Å². The fraction of sp³-hybridized carbons (Fsp3) is 0.875. The lowest BCUT2D eigenvalue weighted by molar-refractivity contribution is -0.139. The Morgan fingerprint density at radius 2 is 1.77 bits per heavy atom. The van der Waals surface area contributed by atoms with Gasteiger partial charge in [0.25, 0.3) is 0 Å². The van der Waals surface area contributed by atoms with Crippen molar-refractivity contribution in [1.82, 2.24) is 0 Å². The van der Waals surface area contributed by atoms with Crippen LogP contribution in [0.4, 0.5) is 0 Å². The largest absolute Gasteiger partial charge is 0.346 e. The SMILES string of the molecule is CS(=O)(=O)OC(=O)C1CCCCC1. The van der Waals surface area contributed by atoms with Crippen molar-refractivity contribution in [2.75, 3.05) is 6.26 Å². The van der Waals surface area contributed by atoms with E-state index < -0.39 is 16.1 Å². The molecule has 1 aliphatic carbocycles. The monoisotopic (exact) mass is 206 g/mol. The van der Waals surface area contributed by atoms with Crippen LogP contribution in [0.15, 0.2) is 0 Å². The second kappa shape index (κ2) is 4.09. The van der Waals surface area contributed by atoms with Crippen molar-refractivity contribution in [2.45, 2.75) is 32.1 Å². The summed E-state index contributed by atoms with van der Waals surface area (Å²) in [6.07, 6.45) is 5.52. The van der Waals surface area contributed by atoms with Gasteiger partial charge in [0.2, 0.25) is 0 Å². The lowest BCUT2D eigenvalue weighted by Crippen LogP contribution is -2.22. The van der Waals surface area contributed by atoms with E-state index in [9.17, 15) is 13.2 Å². The van der Waals surface area contributed by atoms with Crippen molar-refractivity contribution in [3.8, 4) is 0 Å². The van der Waals surface area contributed by atoms with Gasteiger partial charge >= 0.3 is 16.1 Å². The summed E-state index contributed by atoms with van der Waals surface area (Å²) >= 11 is 0. The van der Waals surface area contributed by atoms with Crippen molar-refractivity contribution < 1.29 is 17.4 Å². The number of hydrogen-bond donors (Lipinski definition) is 0. The Morgan fingerprint density at radius 3 is 2.23 bits per heavy atom. The normalized spacial score (nSPS) is 19.8. The van der Waals surface area contributed by atoms with Gasteiger partial charge < -0.3 is 4.18 Å². The molecule has 0 atom stereocenters. The summed E-state index contributed by atoms with van der Waals surface area (Å²) in [6, 6.07) is 0. The molecule has 0 amide bonds. The van der Waals surface area contributed by atoms with E-state index in [0.29, 0.717) is 0 Å². The highest BCUT2D eigenvalue weighted by Crippen LogP contribution is 2.24. The number of hydrogen-bond acceptors (Lipinski definition) is 4. The zero-order valence-electron chi connectivity index (χ0n) is 7.65. The third-order valence-corrected chi connectivity index (χ3v) is 2.64. The Bertz CT molecular complexity index is 275. The minimum Gasteiger partial charge on any atom is -0.346 e. The third kappa shape index (κ3) is 3.76. The molecule has 1 aliphatic rings. The predicted octanol–water partition coefficient (Wildman–Crippen LogP) is 1.07. The molecule has 0 saturated heterocycles. The van der Waals surface area contributed by atoms with Crippen LogP contribution in [-0.2, 0) is 19.1 Å². The summed E-state index contributed by atoms with van der Waals surface area (Å²) in [6.45, 7) is 0. The first-order valence-electron chi connectivity index (χ1n) is 4.42. The van der Waals surface area contributed by atoms with Crippen molar-refractivity contribution >= 4 is 16.1 Å². The molecule has 1 saturated carbocycles. The van der Waals surface area contributed by atoms with Crippen LogP contribution < -0.4 is 0 Å². The Morgan fingerprint density at radius 1 is 1.23 bits per heavy atom. The molecule has 13 heavy (non-hydrogen) atoms. The Kier molecular flexibility index (Phi) is 3.30. The molecule has 4 nitrogen and oxygen atoms in total. The summed E-state index contributed by atoms with van der Waals surface area (Å²) in [7, 11) is -3.62. The maximum Gasteiger partial charge on any atom is 0.325 e. The van der Waals surface area contributed by atoms with Crippen LogP contribution in [0.1, 0.15) is 32.1 Å². The standard InChI is InChI=1S/C8H14O4S/c1-13(10,11)12-8(9)7-5-3-2-4-6-7/h7H,2-6H2,1H3. The van der Waals surface area contributed by atoms with Gasteiger partial charge in [-0.2, -0.15) is 8.42 Å². The van der Waals surface area contributed by atoms with Crippen LogP contribution in [0, 0.1) is 5.92 Å². The average Bonchev–Trinajstić information content (AvgIpc) is 2.03. The topological polar surface area (TPSA) is 60.4 Å². The average molecular weight is 206 g/mol. The molecular weight excluding hydrogens is 192 g/mol. The number of rotatable bonds is 2. The number of carbonyl (C=O) groups is 1. The van der Waals surface area contributed by atoms with Gasteiger partial charge in [0.1, 0.15) is 0 Å². The highest BCUT2D eigenvalue weighted by Gasteiger charge is 2.25. The second-order valence-corrected chi connectivity index (χ2v) is 5.02. The first-order chi connectivity index (χ1) is 5.99. The fourth-order valence-corrected chi connectivity index (χ4v) is 1.99. The van der Waals surface area contributed by atoms with Gasteiger partial charge in [-0.05, 0) is 12.8 Å². The second-order valence-electron chi connectivity index (χ2n) is 3.44. The predicted molar refractivity (Wildman–Crippen MR) is 47.5 cm³/mol. The van der Waals surface area contributed by atoms with Gasteiger partial charge in [0, 0.05) is 0 Å². The first-order valence-corrected chi connectivity index (χ1v) is 6.24. The van der Waals surface area contributed by atoms with Gasteiger partial charge in [-0.1, -0.05) is 19.3 Å². The van der Waals surface area contributed by atoms with Crippen molar-refractivity contribution in [3.05, 3.63) is 0 Å². The Labute approximate surface area is 78.4 Å². The van der Waals surface area contributed by atoms with E-state index in [1.54, 1.807) is 0 Å². The molecule has 0 aromatic rings. The van der Waals surface area contributed by atoms with Crippen molar-refractivity contribution in [1.29, 1.82) is 0 Å². The molecule has 76 valence electrons. The molecule has 0 heterocycles. The third-order valence-electron chi connectivity index (χ3n) is 2.17. The molecular formula is C8H14O4S. The lowest BCUT2D eigenvalue weighted by atomic mass is 9.90. The lowest BCUT2D eigenvalue weighted by Gasteiger charge is -2.18. The zero-order valence-corrected chi connectivity index (χ0v) is 8.47. The summed E-state index contributed by atoms with van der Waals surface area (Å²) in [5.41, 5.74) is 0. The molecule has 1 fully saturated rings. The van der Waals surface area contributed by atoms with E-state index in [1.165, 1.54) is 0 Å². The van der Waals surface area contributed by atoms with Gasteiger partial charge in [0.15, 0.2) is 0 Å². The van der Waals surface area contributed by atoms with Gasteiger partial charge in [-0.25, -0.2) is 0 Å². The molecule has 0 aliphatic heterocycles. The minimum absolute atomic E-state index is 0.205. The maximum absolute atomic E-state index is 11.2. The molecule has 0 aromatic heterocycles. The van der Waals surface area contributed by atoms with E-state index in [1.807, 2.05) is 0 Å². The number of carbonyl (C=O) groups excluding carboxylic acids is 1. The Hall–Kier alpha value is -0.580. The van der Waals surface area contributed by atoms with Crippen LogP contribution in [0.5, 0.6) is 0 Å². The summed E-state index contributed by atoms with van der Waals surface area (Å²) in [4.78, 5) is 11.2. The summed E-state index contributed by atoms with van der Waals surface area (Å²) in [5, 5.41) is 0. The van der Waals surface area contributed by atoms with E-state index in [2.05, 4.69) is 4.18 Å². The maximum atomic E-state index is 11.2. The highest BCUT2D eigenvalue weighted by molar-refractivity contribution is 7.86. The van der Waals surface area contributed by atoms with E-state index in [4.69, 9.17) is 0 Å². The molecule has 5 heteroatoms. The molecule has 0 unspecified atom stereocenters. The zero-order chi connectivity index (χ0) is 9.90. The van der Waals surface area contributed by atoms with E-state index >= 15 is 0 Å². The van der Waals surface area contributed by atoms with Gasteiger partial charge in [0.05, 0.1) is 12.2 Å².